The molecule has 0 aliphatic carbocycles. The molecule has 0 N–H and O–H groups in total. The summed E-state index contributed by atoms with van der Waals surface area (Å²) >= 11 is 1.27. The summed E-state index contributed by atoms with van der Waals surface area (Å²) in [5.74, 6) is 0.0934. The molecule has 1 aromatic carbocycles. The summed E-state index contributed by atoms with van der Waals surface area (Å²) in [6.07, 6.45) is 2.37. The molecule has 0 bridgehead atoms. The fourth-order valence-electron chi connectivity index (χ4n) is 1.67. The van der Waals surface area contributed by atoms with Crippen molar-refractivity contribution in [1.82, 2.24) is 0 Å². The van der Waals surface area contributed by atoms with Crippen molar-refractivity contribution in [3.05, 3.63) is 28.3 Å². The molecule has 1 aliphatic rings. The number of nitro groups is 1. The van der Waals surface area contributed by atoms with Gasteiger partial charge in [0.1, 0.15) is 0 Å². The molecule has 0 radical (unpaired) electrons. The first kappa shape index (κ1) is 13.0. The molecule has 98 valence electrons. The Hall–Kier alpha value is -1.47. The van der Waals surface area contributed by atoms with Crippen LogP contribution in [-0.2, 0) is 4.18 Å². The van der Waals surface area contributed by atoms with Gasteiger partial charge in [-0.1, -0.05) is 0 Å². The van der Waals surface area contributed by atoms with Gasteiger partial charge in [-0.05, 0) is 18.1 Å². The van der Waals surface area contributed by atoms with Crippen LogP contribution >= 0.6 is 12.0 Å². The van der Waals surface area contributed by atoms with E-state index < -0.39 is 10.7 Å². The number of rotatable bonds is 5. The molecular formula is C11H13NO5S. The van der Waals surface area contributed by atoms with E-state index in [9.17, 15) is 10.1 Å². The largest absolute Gasteiger partial charge is 0.449 e. The predicted molar refractivity (Wildman–Crippen MR) is 66.8 cm³/mol. The standard InChI is InChI=1S/C11H13NO5S/c1-11(5-6-15-18-2)16-9-4-3-8(12(13)14)7-10(9)17-11/h3-4,7H,5-6H2,1-2H3. The van der Waals surface area contributed by atoms with Gasteiger partial charge in [0.25, 0.3) is 11.5 Å². The Morgan fingerprint density at radius 2 is 2.17 bits per heavy atom. The van der Waals surface area contributed by atoms with Crippen molar-refractivity contribution in [2.75, 3.05) is 12.9 Å². The molecule has 0 amide bonds. The molecule has 6 nitrogen and oxygen atoms in total. The Bertz CT molecular complexity index is 467. The number of nitro benzene ring substituents is 1. The highest BCUT2D eigenvalue weighted by molar-refractivity contribution is 7.93. The second-order valence-corrected chi connectivity index (χ2v) is 4.53. The molecule has 1 atom stereocenters. The van der Waals surface area contributed by atoms with Crippen LogP contribution in [-0.4, -0.2) is 23.6 Å². The summed E-state index contributed by atoms with van der Waals surface area (Å²) < 4.78 is 16.4. The van der Waals surface area contributed by atoms with E-state index in [2.05, 4.69) is 0 Å². The molecule has 0 fully saturated rings. The van der Waals surface area contributed by atoms with E-state index in [1.54, 1.807) is 13.0 Å². The smallest absolute Gasteiger partial charge is 0.273 e. The highest BCUT2D eigenvalue weighted by atomic mass is 32.2. The van der Waals surface area contributed by atoms with Gasteiger partial charge in [-0.3, -0.25) is 10.1 Å². The number of fused-ring (bicyclic) bond motifs is 1. The maximum absolute atomic E-state index is 10.7. The molecule has 7 heteroatoms. The topological polar surface area (TPSA) is 70.8 Å². The fourth-order valence-corrected chi connectivity index (χ4v) is 1.92. The van der Waals surface area contributed by atoms with E-state index >= 15 is 0 Å². The normalized spacial score (nSPS) is 21.0. The molecular weight excluding hydrogens is 258 g/mol. The first-order valence-electron chi connectivity index (χ1n) is 5.36. The highest BCUT2D eigenvalue weighted by Gasteiger charge is 2.37. The van der Waals surface area contributed by atoms with Crippen molar-refractivity contribution in [3.8, 4) is 11.5 Å². The summed E-state index contributed by atoms with van der Waals surface area (Å²) in [5.41, 5.74) is -0.0121. The SMILES string of the molecule is CSOCCC1(C)Oc2ccc([N+](=O)[O-])cc2O1. The van der Waals surface area contributed by atoms with Gasteiger partial charge in [-0.25, -0.2) is 0 Å². The Morgan fingerprint density at radius 3 is 2.83 bits per heavy atom. The molecule has 1 unspecified atom stereocenters. The Balaban J connectivity index is 2.09. The average Bonchev–Trinajstić information content (AvgIpc) is 2.64. The first-order chi connectivity index (χ1) is 8.54. The second-order valence-electron chi connectivity index (χ2n) is 3.96. The van der Waals surface area contributed by atoms with E-state index in [-0.39, 0.29) is 5.69 Å². The van der Waals surface area contributed by atoms with Crippen LogP contribution in [0.4, 0.5) is 5.69 Å². The number of ether oxygens (including phenoxy) is 2. The van der Waals surface area contributed by atoms with E-state index in [4.69, 9.17) is 13.7 Å². The Kier molecular flexibility index (Phi) is 3.63. The van der Waals surface area contributed by atoms with Gasteiger partial charge in [0.15, 0.2) is 11.5 Å². The summed E-state index contributed by atoms with van der Waals surface area (Å²) in [7, 11) is 0. The second kappa shape index (κ2) is 5.03. The van der Waals surface area contributed by atoms with Crippen molar-refractivity contribution >= 4 is 17.7 Å². The van der Waals surface area contributed by atoms with Gasteiger partial charge in [-0.2, -0.15) is 0 Å². The van der Waals surface area contributed by atoms with Crippen LogP contribution in [0, 0.1) is 10.1 Å². The number of non-ortho nitro benzene ring substituents is 1. The first-order valence-corrected chi connectivity index (χ1v) is 6.51. The third-order valence-electron chi connectivity index (χ3n) is 2.55. The van der Waals surface area contributed by atoms with Crippen LogP contribution in [0.1, 0.15) is 13.3 Å². The average molecular weight is 271 g/mol. The van der Waals surface area contributed by atoms with Crippen LogP contribution in [0.2, 0.25) is 0 Å². The minimum absolute atomic E-state index is 0.0121. The zero-order valence-corrected chi connectivity index (χ0v) is 10.9. The van der Waals surface area contributed by atoms with Crippen molar-refractivity contribution in [2.24, 2.45) is 0 Å². The zero-order valence-electron chi connectivity index (χ0n) is 10.0. The lowest BCUT2D eigenvalue weighted by Gasteiger charge is -2.22. The van der Waals surface area contributed by atoms with Gasteiger partial charge in [0.2, 0.25) is 0 Å². The number of nitrogens with zero attached hydrogens (tertiary/aromatic N) is 1. The number of hydrogen-bond donors (Lipinski definition) is 0. The lowest BCUT2D eigenvalue weighted by atomic mass is 10.2. The Labute approximate surface area is 109 Å². The third kappa shape index (κ3) is 2.68. The molecule has 0 aromatic heterocycles. The van der Waals surface area contributed by atoms with E-state index in [0.717, 1.165) is 0 Å². The van der Waals surface area contributed by atoms with Gasteiger partial charge < -0.3 is 13.7 Å². The van der Waals surface area contributed by atoms with Gasteiger partial charge in [-0.15, -0.1) is 0 Å². The minimum Gasteiger partial charge on any atom is -0.449 e. The monoisotopic (exact) mass is 271 g/mol. The zero-order chi connectivity index (χ0) is 13.2. The van der Waals surface area contributed by atoms with E-state index in [1.165, 1.54) is 24.2 Å². The molecule has 0 saturated heterocycles. The summed E-state index contributed by atoms with van der Waals surface area (Å²) in [6.45, 7) is 2.26. The summed E-state index contributed by atoms with van der Waals surface area (Å²) in [6, 6.07) is 4.32. The maximum Gasteiger partial charge on any atom is 0.273 e. The minimum atomic E-state index is -0.826. The van der Waals surface area contributed by atoms with Crippen LogP contribution < -0.4 is 9.47 Å². The molecule has 1 aliphatic heterocycles. The molecule has 1 aromatic rings. The molecule has 18 heavy (non-hydrogen) atoms. The fraction of sp³-hybridized carbons (Fsp3) is 0.455. The van der Waals surface area contributed by atoms with Crippen LogP contribution in [0.25, 0.3) is 0 Å². The quantitative estimate of drug-likeness (QED) is 0.355. The van der Waals surface area contributed by atoms with Crippen molar-refractivity contribution in [1.29, 1.82) is 0 Å². The highest BCUT2D eigenvalue weighted by Crippen LogP contribution is 2.42. The maximum atomic E-state index is 10.7. The van der Waals surface area contributed by atoms with Crippen molar-refractivity contribution in [2.45, 2.75) is 19.1 Å². The summed E-state index contributed by atoms with van der Waals surface area (Å²) in [4.78, 5) is 10.2. The molecule has 0 spiro atoms. The number of hydrogen-bond acceptors (Lipinski definition) is 6. The lowest BCUT2D eigenvalue weighted by Crippen LogP contribution is -2.35. The molecule has 0 saturated carbocycles. The Morgan fingerprint density at radius 1 is 1.44 bits per heavy atom. The van der Waals surface area contributed by atoms with Gasteiger partial charge >= 0.3 is 0 Å². The van der Waals surface area contributed by atoms with Crippen LogP contribution in [0.5, 0.6) is 11.5 Å². The van der Waals surface area contributed by atoms with Gasteiger partial charge in [0, 0.05) is 25.7 Å². The lowest BCUT2D eigenvalue weighted by molar-refractivity contribution is -0.384. The van der Waals surface area contributed by atoms with E-state index in [1.807, 2.05) is 6.26 Å². The third-order valence-corrected chi connectivity index (χ3v) is 2.95. The van der Waals surface area contributed by atoms with Crippen molar-refractivity contribution < 1.29 is 18.6 Å². The van der Waals surface area contributed by atoms with Crippen LogP contribution in [0.3, 0.4) is 0 Å². The molecule has 1 heterocycles. The van der Waals surface area contributed by atoms with Crippen LogP contribution in [0.15, 0.2) is 18.2 Å². The number of benzene rings is 1. The summed E-state index contributed by atoms with van der Waals surface area (Å²) in [5, 5.41) is 10.7. The predicted octanol–water partition coefficient (Wildman–Crippen LogP) is 2.77. The van der Waals surface area contributed by atoms with E-state index in [0.29, 0.717) is 24.5 Å². The van der Waals surface area contributed by atoms with Crippen molar-refractivity contribution in [3.63, 3.8) is 0 Å². The van der Waals surface area contributed by atoms with Gasteiger partial charge in [0.05, 0.1) is 17.6 Å². The molecule has 2 rings (SSSR count).